The minimum Gasteiger partial charge on any atom is -0.338 e. The molecule has 1 amide bonds. The maximum atomic E-state index is 12.7. The summed E-state index contributed by atoms with van der Waals surface area (Å²) >= 11 is 0. The second kappa shape index (κ2) is 8.84. The van der Waals surface area contributed by atoms with E-state index in [4.69, 9.17) is 4.99 Å². The van der Waals surface area contributed by atoms with Gasteiger partial charge in [0.05, 0.1) is 30.5 Å². The molecule has 0 radical (unpaired) electrons. The zero-order chi connectivity index (χ0) is 22.0. The molecule has 2 aromatic rings. The van der Waals surface area contributed by atoms with Crippen LogP contribution < -0.4 is 0 Å². The Labute approximate surface area is 189 Å². The summed E-state index contributed by atoms with van der Waals surface area (Å²) in [5, 5.41) is 9.46. The maximum Gasteiger partial charge on any atom is 0.228 e. The van der Waals surface area contributed by atoms with Gasteiger partial charge in [-0.2, -0.15) is 5.26 Å². The van der Waals surface area contributed by atoms with Gasteiger partial charge in [0.25, 0.3) is 0 Å². The monoisotopic (exact) mass is 427 g/mol. The van der Waals surface area contributed by atoms with Gasteiger partial charge in [-0.1, -0.05) is 36.4 Å². The van der Waals surface area contributed by atoms with Crippen LogP contribution in [0.3, 0.4) is 0 Å². The van der Waals surface area contributed by atoms with E-state index >= 15 is 0 Å². The highest BCUT2D eigenvalue weighted by molar-refractivity contribution is 6.06. The Morgan fingerprint density at radius 1 is 1.12 bits per heavy atom. The highest BCUT2D eigenvalue weighted by atomic mass is 16.2. The Bertz CT molecular complexity index is 1020. The van der Waals surface area contributed by atoms with Crippen molar-refractivity contribution < 1.29 is 4.79 Å². The molecule has 1 aromatic carbocycles. The van der Waals surface area contributed by atoms with Gasteiger partial charge >= 0.3 is 0 Å². The van der Waals surface area contributed by atoms with E-state index in [1.165, 1.54) is 11.3 Å². The standard InChI is InChI=1S/C26H29N5O/c27-12-11-26(18-30(19-26)25(32)16-22-8-4-5-13-28-22)31-14-9-21(10-15-31)29-24-17-23(24)20-6-2-1-3-7-20/h1-8,13,21,23H,9-11,14-19H2. The first-order valence-corrected chi connectivity index (χ1v) is 11.6. The first-order chi connectivity index (χ1) is 15.7. The highest BCUT2D eigenvalue weighted by Gasteiger charge is 2.50. The van der Waals surface area contributed by atoms with Crippen molar-refractivity contribution in [2.75, 3.05) is 26.2 Å². The van der Waals surface area contributed by atoms with Crippen molar-refractivity contribution in [2.24, 2.45) is 4.99 Å². The third-order valence-electron chi connectivity index (χ3n) is 7.13. The molecule has 3 heterocycles. The van der Waals surface area contributed by atoms with E-state index in [1.54, 1.807) is 6.20 Å². The molecule has 2 aliphatic heterocycles. The van der Waals surface area contributed by atoms with E-state index < -0.39 is 0 Å². The van der Waals surface area contributed by atoms with Crippen molar-refractivity contribution in [3.05, 3.63) is 66.0 Å². The van der Waals surface area contributed by atoms with Crippen LogP contribution in [0.5, 0.6) is 0 Å². The van der Waals surface area contributed by atoms with Crippen LogP contribution in [0.1, 0.15) is 42.9 Å². The van der Waals surface area contributed by atoms with Crippen LogP contribution in [0.4, 0.5) is 0 Å². The van der Waals surface area contributed by atoms with Gasteiger partial charge in [-0.25, -0.2) is 0 Å². The maximum absolute atomic E-state index is 12.7. The van der Waals surface area contributed by atoms with Crippen LogP contribution in [0, 0.1) is 11.3 Å². The molecule has 1 aromatic heterocycles. The number of carbonyl (C=O) groups excluding carboxylic acids is 1. The van der Waals surface area contributed by atoms with Crippen molar-refractivity contribution in [3.63, 3.8) is 0 Å². The van der Waals surface area contributed by atoms with Crippen LogP contribution >= 0.6 is 0 Å². The molecule has 6 nitrogen and oxygen atoms in total. The minimum atomic E-state index is -0.196. The van der Waals surface area contributed by atoms with E-state index in [0.717, 1.165) is 38.0 Å². The molecule has 164 valence electrons. The number of benzene rings is 1. The molecule has 3 fully saturated rings. The summed E-state index contributed by atoms with van der Waals surface area (Å²) in [4.78, 5) is 26.3. The van der Waals surface area contributed by atoms with Crippen LogP contribution in [0.15, 0.2) is 59.7 Å². The first-order valence-electron chi connectivity index (χ1n) is 11.6. The SMILES string of the molecule is N#CCC1(N2CCC(N=C3CC3c3ccccc3)CC2)CN(C(=O)Cc2ccccn2)C1. The van der Waals surface area contributed by atoms with Crippen LogP contribution in [-0.2, 0) is 11.2 Å². The molecule has 1 saturated carbocycles. The molecule has 1 unspecified atom stereocenters. The number of nitrogens with zero attached hydrogens (tertiary/aromatic N) is 5. The molecule has 32 heavy (non-hydrogen) atoms. The molecule has 6 heteroatoms. The second-order valence-corrected chi connectivity index (χ2v) is 9.31. The van der Waals surface area contributed by atoms with Crippen LogP contribution in [-0.4, -0.2) is 64.2 Å². The summed E-state index contributed by atoms with van der Waals surface area (Å²) in [6.45, 7) is 3.17. The van der Waals surface area contributed by atoms with E-state index in [0.29, 0.717) is 37.9 Å². The van der Waals surface area contributed by atoms with Crippen LogP contribution in [0.25, 0.3) is 0 Å². The predicted octanol–water partition coefficient (Wildman–Crippen LogP) is 3.21. The molecule has 0 bridgehead atoms. The third kappa shape index (κ3) is 4.31. The summed E-state index contributed by atoms with van der Waals surface area (Å²) in [7, 11) is 0. The Morgan fingerprint density at radius 2 is 1.88 bits per heavy atom. The predicted molar refractivity (Wildman–Crippen MR) is 123 cm³/mol. The van der Waals surface area contributed by atoms with Gasteiger partial charge < -0.3 is 4.90 Å². The number of rotatable bonds is 6. The number of amides is 1. The second-order valence-electron chi connectivity index (χ2n) is 9.31. The van der Waals surface area contributed by atoms with Gasteiger partial charge in [0.1, 0.15) is 0 Å². The average Bonchev–Trinajstić information content (AvgIpc) is 3.57. The number of pyridine rings is 1. The zero-order valence-corrected chi connectivity index (χ0v) is 18.4. The molecular weight excluding hydrogens is 398 g/mol. The molecule has 0 spiro atoms. The number of aromatic nitrogens is 1. The number of hydrogen-bond acceptors (Lipinski definition) is 5. The lowest BCUT2D eigenvalue weighted by Crippen LogP contribution is -2.72. The molecule has 1 aliphatic carbocycles. The Morgan fingerprint density at radius 3 is 2.56 bits per heavy atom. The number of nitriles is 1. The van der Waals surface area contributed by atoms with E-state index in [1.807, 2.05) is 23.1 Å². The number of hydrogen-bond donors (Lipinski definition) is 0. The number of carbonyl (C=O) groups is 1. The Kier molecular flexibility index (Phi) is 5.75. The van der Waals surface area contributed by atoms with Crippen molar-refractivity contribution in [2.45, 2.75) is 49.6 Å². The third-order valence-corrected chi connectivity index (χ3v) is 7.13. The fraction of sp³-hybridized carbons (Fsp3) is 0.462. The van der Waals surface area contributed by atoms with Gasteiger partial charge in [-0.3, -0.25) is 19.7 Å². The fourth-order valence-electron chi connectivity index (χ4n) is 5.17. The quantitative estimate of drug-likeness (QED) is 0.710. The summed E-state index contributed by atoms with van der Waals surface area (Å²) < 4.78 is 0. The van der Waals surface area contributed by atoms with Gasteiger partial charge in [-0.15, -0.1) is 0 Å². The topological polar surface area (TPSA) is 72.6 Å². The number of aliphatic imine (C=N–C) groups is 1. The van der Waals surface area contributed by atoms with Gasteiger partial charge in [0.15, 0.2) is 0 Å². The molecule has 2 saturated heterocycles. The van der Waals surface area contributed by atoms with Gasteiger partial charge in [-0.05, 0) is 37.0 Å². The molecule has 0 N–H and O–H groups in total. The minimum absolute atomic E-state index is 0.0965. The summed E-state index contributed by atoms with van der Waals surface area (Å²) in [5.41, 5.74) is 3.32. The molecule has 1 atom stereocenters. The summed E-state index contributed by atoms with van der Waals surface area (Å²) in [6, 6.07) is 19.0. The Balaban J connectivity index is 1.14. The van der Waals surface area contributed by atoms with Gasteiger partial charge in [0, 0.05) is 49.7 Å². The number of piperidine rings is 1. The lowest BCUT2D eigenvalue weighted by atomic mass is 9.82. The van der Waals surface area contributed by atoms with Gasteiger partial charge in [0.2, 0.25) is 5.91 Å². The average molecular weight is 428 g/mol. The lowest BCUT2D eigenvalue weighted by molar-refractivity contribution is -0.146. The fourth-order valence-corrected chi connectivity index (χ4v) is 5.17. The number of likely N-dealkylation sites (tertiary alicyclic amines) is 2. The van der Waals surface area contributed by atoms with Crippen LogP contribution in [0.2, 0.25) is 0 Å². The van der Waals surface area contributed by atoms with E-state index in [9.17, 15) is 10.1 Å². The summed E-state index contributed by atoms with van der Waals surface area (Å²) in [6.07, 6.45) is 5.66. The van der Waals surface area contributed by atoms with E-state index in [2.05, 4.69) is 46.3 Å². The van der Waals surface area contributed by atoms with E-state index in [-0.39, 0.29) is 11.4 Å². The molecule has 3 aliphatic rings. The largest absolute Gasteiger partial charge is 0.338 e. The van der Waals surface area contributed by atoms with Crippen molar-refractivity contribution in [1.29, 1.82) is 5.26 Å². The zero-order valence-electron chi connectivity index (χ0n) is 18.4. The van der Waals surface area contributed by atoms with Crippen molar-refractivity contribution in [1.82, 2.24) is 14.8 Å². The van der Waals surface area contributed by atoms with Crippen molar-refractivity contribution in [3.8, 4) is 6.07 Å². The molecular formula is C26H29N5O. The lowest BCUT2D eigenvalue weighted by Gasteiger charge is -2.56. The molecule has 5 rings (SSSR count). The highest BCUT2D eigenvalue weighted by Crippen LogP contribution is 2.39. The normalized spacial score (nSPS) is 24.0. The first kappa shape index (κ1) is 20.8. The Hall–Kier alpha value is -3.04. The van der Waals surface area contributed by atoms with Crippen molar-refractivity contribution >= 4 is 11.6 Å². The smallest absolute Gasteiger partial charge is 0.228 e. The summed E-state index contributed by atoms with van der Waals surface area (Å²) in [5.74, 6) is 0.615.